The topological polar surface area (TPSA) is 58.7 Å². The number of hydrogen-bond donors (Lipinski definition) is 0. The van der Waals surface area contributed by atoms with E-state index in [0.717, 1.165) is 30.1 Å². The number of hydrogen-bond acceptors (Lipinski definition) is 5. The Bertz CT molecular complexity index is 676. The molecule has 0 saturated carbocycles. The lowest BCUT2D eigenvalue weighted by Gasteiger charge is -2.21. The molecule has 19 heavy (non-hydrogen) atoms. The monoisotopic (exact) mass is 253 g/mol. The van der Waals surface area contributed by atoms with E-state index in [0.29, 0.717) is 5.88 Å². The van der Waals surface area contributed by atoms with E-state index in [-0.39, 0.29) is 11.7 Å². The van der Waals surface area contributed by atoms with Crippen LogP contribution in [0.25, 0.3) is 0 Å². The summed E-state index contributed by atoms with van der Waals surface area (Å²) in [6, 6.07) is 7.48. The first-order valence-corrected chi connectivity index (χ1v) is 6.22. The van der Waals surface area contributed by atoms with Crippen LogP contribution in [-0.4, -0.2) is 23.1 Å². The molecule has 1 unspecified atom stereocenters. The van der Waals surface area contributed by atoms with Gasteiger partial charge in [-0.3, -0.25) is 9.69 Å². The average molecular weight is 253 g/mol. The molecule has 2 aliphatic rings. The van der Waals surface area contributed by atoms with Gasteiger partial charge in [-0.25, -0.2) is 9.98 Å². The predicted octanol–water partition coefficient (Wildman–Crippen LogP) is 2.43. The Kier molecular flexibility index (Phi) is 2.09. The van der Waals surface area contributed by atoms with E-state index in [4.69, 9.17) is 4.42 Å². The van der Waals surface area contributed by atoms with Crippen LogP contribution in [0.1, 0.15) is 16.8 Å². The van der Waals surface area contributed by atoms with Crippen LogP contribution < -0.4 is 4.90 Å². The smallest absolute Gasteiger partial charge is 0.221 e. The lowest BCUT2D eigenvalue weighted by atomic mass is 9.92. The first-order valence-electron chi connectivity index (χ1n) is 6.22. The Morgan fingerprint density at radius 1 is 1.32 bits per heavy atom. The number of fused-ring (bicyclic) bond motifs is 2. The van der Waals surface area contributed by atoms with Gasteiger partial charge in [0.15, 0.2) is 12.2 Å². The number of anilines is 1. The third-order valence-electron chi connectivity index (χ3n) is 3.64. The van der Waals surface area contributed by atoms with Crippen molar-refractivity contribution in [3.05, 3.63) is 42.4 Å². The predicted molar refractivity (Wildman–Crippen MR) is 69.8 cm³/mol. The first-order chi connectivity index (χ1) is 9.34. The van der Waals surface area contributed by atoms with E-state index in [9.17, 15) is 4.79 Å². The van der Waals surface area contributed by atoms with Gasteiger partial charge in [-0.05, 0) is 18.6 Å². The average Bonchev–Trinajstić information content (AvgIpc) is 3.07. The highest BCUT2D eigenvalue weighted by Gasteiger charge is 2.40. The molecule has 3 heterocycles. The van der Waals surface area contributed by atoms with Crippen molar-refractivity contribution in [1.29, 1.82) is 0 Å². The summed E-state index contributed by atoms with van der Waals surface area (Å²) >= 11 is 0. The molecule has 5 nitrogen and oxygen atoms in total. The minimum atomic E-state index is -0.153. The molecular weight excluding hydrogens is 242 g/mol. The Hall–Kier alpha value is -2.43. The number of amidine groups is 1. The van der Waals surface area contributed by atoms with Crippen LogP contribution in [0.2, 0.25) is 0 Å². The minimum absolute atomic E-state index is 0.153. The van der Waals surface area contributed by atoms with Crippen LogP contribution in [0.3, 0.4) is 0 Å². The van der Waals surface area contributed by atoms with Crippen LogP contribution in [0, 0.1) is 5.92 Å². The maximum atomic E-state index is 12.5. The van der Waals surface area contributed by atoms with E-state index >= 15 is 0 Å². The summed E-state index contributed by atoms with van der Waals surface area (Å²) < 4.78 is 5.31. The number of carbonyl (C=O) groups is 1. The SMILES string of the molecule is O=C1c2ccccc2N=C2C1CCN2c1cnco1. The molecule has 5 heteroatoms. The Morgan fingerprint density at radius 2 is 2.21 bits per heavy atom. The second-order valence-corrected chi connectivity index (χ2v) is 4.68. The van der Waals surface area contributed by atoms with Crippen molar-refractivity contribution < 1.29 is 9.21 Å². The Morgan fingerprint density at radius 3 is 3.05 bits per heavy atom. The van der Waals surface area contributed by atoms with Crippen molar-refractivity contribution in [2.75, 3.05) is 11.4 Å². The number of nitrogens with zero attached hydrogens (tertiary/aromatic N) is 3. The highest BCUT2D eigenvalue weighted by Crippen LogP contribution is 2.36. The van der Waals surface area contributed by atoms with Gasteiger partial charge in [-0.1, -0.05) is 12.1 Å². The van der Waals surface area contributed by atoms with E-state index in [1.807, 2.05) is 29.2 Å². The van der Waals surface area contributed by atoms with Gasteiger partial charge in [0, 0.05) is 12.1 Å². The van der Waals surface area contributed by atoms with Gasteiger partial charge >= 0.3 is 0 Å². The molecule has 0 amide bonds. The standard InChI is InChI=1S/C14H11N3O2/c18-13-9-3-1-2-4-11(9)16-14-10(13)5-6-17(14)12-7-15-8-19-12/h1-4,7-8,10H,5-6H2. The number of carbonyl (C=O) groups excluding carboxylic acids is 1. The first kappa shape index (κ1) is 10.5. The van der Waals surface area contributed by atoms with Crippen LogP contribution in [-0.2, 0) is 0 Å². The summed E-state index contributed by atoms with van der Waals surface area (Å²) in [5.74, 6) is 1.43. The lowest BCUT2D eigenvalue weighted by molar-refractivity contribution is 0.0954. The molecule has 1 fully saturated rings. The summed E-state index contributed by atoms with van der Waals surface area (Å²) in [5, 5.41) is 0. The summed E-state index contributed by atoms with van der Waals surface area (Å²) in [5.41, 5.74) is 1.46. The zero-order valence-electron chi connectivity index (χ0n) is 10.1. The van der Waals surface area contributed by atoms with Gasteiger partial charge < -0.3 is 4.42 Å². The molecule has 2 aliphatic heterocycles. The highest BCUT2D eigenvalue weighted by molar-refractivity contribution is 6.22. The lowest BCUT2D eigenvalue weighted by Crippen LogP contribution is -2.32. The molecule has 4 rings (SSSR count). The van der Waals surface area contributed by atoms with Crippen molar-refractivity contribution in [2.24, 2.45) is 10.9 Å². The zero-order chi connectivity index (χ0) is 12.8. The zero-order valence-corrected chi connectivity index (χ0v) is 10.1. The second kappa shape index (κ2) is 3.78. The fraction of sp³-hybridized carbons (Fsp3) is 0.214. The largest absolute Gasteiger partial charge is 0.428 e. The van der Waals surface area contributed by atoms with Crippen LogP contribution in [0.4, 0.5) is 11.6 Å². The second-order valence-electron chi connectivity index (χ2n) is 4.68. The van der Waals surface area contributed by atoms with Gasteiger partial charge in [0.2, 0.25) is 5.88 Å². The number of ketones is 1. The van der Waals surface area contributed by atoms with E-state index in [2.05, 4.69) is 9.98 Å². The quantitative estimate of drug-likeness (QED) is 0.783. The van der Waals surface area contributed by atoms with Crippen molar-refractivity contribution in [1.82, 2.24) is 4.98 Å². The minimum Gasteiger partial charge on any atom is -0.428 e. The number of oxazole rings is 1. The summed E-state index contributed by atoms with van der Waals surface area (Å²) in [7, 11) is 0. The molecule has 0 bridgehead atoms. The molecule has 0 spiro atoms. The van der Waals surface area contributed by atoms with Crippen LogP contribution in [0.15, 0.2) is 46.3 Å². The maximum Gasteiger partial charge on any atom is 0.221 e. The summed E-state index contributed by atoms with van der Waals surface area (Å²) in [4.78, 5) is 22.9. The molecular formula is C14H11N3O2. The van der Waals surface area contributed by atoms with Crippen molar-refractivity contribution in [3.8, 4) is 0 Å². The molecule has 1 saturated heterocycles. The van der Waals surface area contributed by atoms with Gasteiger partial charge in [0.1, 0.15) is 5.84 Å². The third kappa shape index (κ3) is 1.44. The highest BCUT2D eigenvalue weighted by atomic mass is 16.4. The van der Waals surface area contributed by atoms with Gasteiger partial charge in [0.05, 0.1) is 17.8 Å². The van der Waals surface area contributed by atoms with E-state index in [1.165, 1.54) is 6.39 Å². The van der Waals surface area contributed by atoms with Crippen LogP contribution >= 0.6 is 0 Å². The number of Topliss-reactive ketones (excluding diaryl/α,β-unsaturated/α-hetero) is 1. The molecule has 1 aromatic carbocycles. The maximum absolute atomic E-state index is 12.5. The molecule has 1 atom stereocenters. The Labute approximate surface area is 109 Å². The van der Waals surface area contributed by atoms with Crippen molar-refractivity contribution in [3.63, 3.8) is 0 Å². The molecule has 0 aliphatic carbocycles. The molecule has 94 valence electrons. The van der Waals surface area contributed by atoms with Crippen molar-refractivity contribution in [2.45, 2.75) is 6.42 Å². The fourth-order valence-electron chi connectivity index (χ4n) is 2.73. The molecule has 0 N–H and O–H groups in total. The van der Waals surface area contributed by atoms with Gasteiger partial charge in [-0.2, -0.15) is 0 Å². The van der Waals surface area contributed by atoms with E-state index < -0.39 is 0 Å². The number of aliphatic imine (C=N–C) groups is 1. The van der Waals surface area contributed by atoms with Gasteiger partial charge in [0.25, 0.3) is 0 Å². The number of aromatic nitrogens is 1. The third-order valence-corrected chi connectivity index (χ3v) is 3.64. The van der Waals surface area contributed by atoms with Crippen LogP contribution in [0.5, 0.6) is 0 Å². The van der Waals surface area contributed by atoms with E-state index in [1.54, 1.807) is 6.20 Å². The Balaban J connectivity index is 1.84. The fourth-order valence-corrected chi connectivity index (χ4v) is 2.73. The van der Waals surface area contributed by atoms with Crippen molar-refractivity contribution >= 4 is 23.2 Å². The summed E-state index contributed by atoms with van der Waals surface area (Å²) in [6.45, 7) is 0.735. The molecule has 1 aromatic heterocycles. The molecule has 2 aromatic rings. The number of benzene rings is 1. The molecule has 0 radical (unpaired) electrons. The van der Waals surface area contributed by atoms with Gasteiger partial charge in [-0.15, -0.1) is 0 Å². The number of rotatable bonds is 1. The summed E-state index contributed by atoms with van der Waals surface area (Å²) in [6.07, 6.45) is 3.81. The number of para-hydroxylation sites is 1. The normalized spacial score (nSPS) is 21.1.